The summed E-state index contributed by atoms with van der Waals surface area (Å²) in [4.78, 5) is 0. The molecule has 0 fully saturated rings. The van der Waals surface area contributed by atoms with Gasteiger partial charge >= 0.3 is 6.18 Å². The van der Waals surface area contributed by atoms with Gasteiger partial charge in [0, 0.05) is 11.3 Å². The highest BCUT2D eigenvalue weighted by atomic mass is 19.4. The SMILES string of the molecule is Nc1ccc(C2=CCC(N)(c3ccccc3OCC(F)(F)F)C=C2)cc1. The first-order valence-corrected chi connectivity index (χ1v) is 8.10. The number of nitrogen functional groups attached to an aromatic ring is 1. The van der Waals surface area contributed by atoms with Crippen LogP contribution in [0, 0.1) is 0 Å². The Bertz CT molecular complexity index is 841. The van der Waals surface area contributed by atoms with Crippen molar-refractivity contribution in [2.24, 2.45) is 5.73 Å². The molecule has 136 valence electrons. The van der Waals surface area contributed by atoms with Gasteiger partial charge in [0.15, 0.2) is 6.61 Å². The number of hydrogen-bond acceptors (Lipinski definition) is 3. The van der Waals surface area contributed by atoms with Crippen molar-refractivity contribution in [2.75, 3.05) is 12.3 Å². The molecule has 0 bridgehead atoms. The number of para-hydroxylation sites is 1. The van der Waals surface area contributed by atoms with E-state index in [4.69, 9.17) is 16.2 Å². The van der Waals surface area contributed by atoms with E-state index in [0.29, 0.717) is 17.7 Å². The quantitative estimate of drug-likeness (QED) is 0.794. The Balaban J connectivity index is 1.83. The molecule has 0 saturated heterocycles. The van der Waals surface area contributed by atoms with Crippen LogP contribution in [0.5, 0.6) is 5.75 Å². The first kappa shape index (κ1) is 18.1. The normalized spacial score (nSPS) is 19.9. The molecule has 1 unspecified atom stereocenters. The molecule has 1 aliphatic carbocycles. The summed E-state index contributed by atoms with van der Waals surface area (Å²) in [5.74, 6) is 0.140. The molecule has 0 spiro atoms. The highest BCUT2D eigenvalue weighted by Gasteiger charge is 2.32. The Morgan fingerprint density at radius 1 is 1.04 bits per heavy atom. The van der Waals surface area contributed by atoms with Crippen LogP contribution in [0.15, 0.2) is 66.8 Å². The summed E-state index contributed by atoms with van der Waals surface area (Å²) in [5, 5.41) is 0. The predicted octanol–water partition coefficient (Wildman–Crippen LogP) is 4.41. The molecule has 3 rings (SSSR count). The highest BCUT2D eigenvalue weighted by molar-refractivity contribution is 5.76. The third-order valence-electron chi connectivity index (χ3n) is 4.24. The van der Waals surface area contributed by atoms with E-state index in [2.05, 4.69) is 0 Å². The van der Waals surface area contributed by atoms with Crippen molar-refractivity contribution in [1.82, 2.24) is 0 Å². The van der Waals surface area contributed by atoms with Gasteiger partial charge in [-0.25, -0.2) is 0 Å². The number of anilines is 1. The first-order chi connectivity index (χ1) is 12.3. The van der Waals surface area contributed by atoms with Gasteiger partial charge in [-0.05, 0) is 35.8 Å². The van der Waals surface area contributed by atoms with E-state index >= 15 is 0 Å². The van der Waals surface area contributed by atoms with Crippen LogP contribution in [0.2, 0.25) is 0 Å². The molecule has 0 saturated carbocycles. The number of nitrogens with two attached hydrogens (primary N) is 2. The maximum atomic E-state index is 12.5. The third kappa shape index (κ3) is 4.08. The van der Waals surface area contributed by atoms with Crippen molar-refractivity contribution < 1.29 is 17.9 Å². The molecule has 6 heteroatoms. The smallest absolute Gasteiger partial charge is 0.422 e. The lowest BCUT2D eigenvalue weighted by Gasteiger charge is -2.30. The van der Waals surface area contributed by atoms with Crippen molar-refractivity contribution >= 4 is 11.3 Å². The summed E-state index contributed by atoms with van der Waals surface area (Å²) in [6, 6.07) is 14.0. The van der Waals surface area contributed by atoms with Gasteiger partial charge in [-0.1, -0.05) is 48.6 Å². The van der Waals surface area contributed by atoms with Gasteiger partial charge in [-0.2, -0.15) is 13.2 Å². The number of hydrogen-bond donors (Lipinski definition) is 2. The fraction of sp³-hybridized carbons (Fsp3) is 0.200. The Morgan fingerprint density at radius 2 is 1.73 bits per heavy atom. The minimum atomic E-state index is -4.40. The van der Waals surface area contributed by atoms with Gasteiger partial charge in [0.25, 0.3) is 0 Å². The monoisotopic (exact) mass is 360 g/mol. The van der Waals surface area contributed by atoms with E-state index in [0.717, 1.165) is 11.1 Å². The van der Waals surface area contributed by atoms with Crippen molar-refractivity contribution in [3.8, 4) is 5.75 Å². The fourth-order valence-electron chi connectivity index (χ4n) is 2.88. The Labute approximate surface area is 149 Å². The maximum absolute atomic E-state index is 12.5. The molecule has 0 heterocycles. The van der Waals surface area contributed by atoms with Crippen LogP contribution < -0.4 is 16.2 Å². The Hall–Kier alpha value is -2.73. The van der Waals surface area contributed by atoms with Crippen LogP contribution in [-0.4, -0.2) is 12.8 Å². The zero-order valence-corrected chi connectivity index (χ0v) is 14.0. The zero-order chi connectivity index (χ0) is 18.8. The number of ether oxygens (including phenoxy) is 1. The second-order valence-electron chi connectivity index (χ2n) is 6.26. The minimum absolute atomic E-state index is 0.140. The predicted molar refractivity (Wildman–Crippen MR) is 96.4 cm³/mol. The molecule has 3 nitrogen and oxygen atoms in total. The van der Waals surface area contributed by atoms with E-state index in [1.165, 1.54) is 6.07 Å². The highest BCUT2D eigenvalue weighted by Crippen LogP contribution is 2.37. The fourth-order valence-corrected chi connectivity index (χ4v) is 2.88. The van der Waals surface area contributed by atoms with Crippen LogP contribution in [0.25, 0.3) is 5.57 Å². The maximum Gasteiger partial charge on any atom is 0.422 e. The van der Waals surface area contributed by atoms with Crippen LogP contribution in [0.4, 0.5) is 18.9 Å². The van der Waals surface area contributed by atoms with E-state index in [1.807, 2.05) is 36.4 Å². The molecule has 1 atom stereocenters. The van der Waals surface area contributed by atoms with E-state index in [-0.39, 0.29) is 5.75 Å². The van der Waals surface area contributed by atoms with Gasteiger partial charge in [0.05, 0.1) is 5.54 Å². The molecule has 0 aliphatic heterocycles. The topological polar surface area (TPSA) is 61.3 Å². The summed E-state index contributed by atoms with van der Waals surface area (Å²) in [5.41, 5.74) is 14.4. The standard InChI is InChI=1S/C20H19F3N2O/c21-20(22,23)13-26-18-4-2-1-3-17(18)19(25)11-9-15(10-12-19)14-5-7-16(24)8-6-14/h1-11H,12-13,24-25H2. The number of benzene rings is 2. The summed E-state index contributed by atoms with van der Waals surface area (Å²) < 4.78 is 42.4. The second kappa shape index (κ2) is 6.88. The lowest BCUT2D eigenvalue weighted by Crippen LogP contribution is -2.36. The average Bonchev–Trinajstić information content (AvgIpc) is 2.61. The lowest BCUT2D eigenvalue weighted by molar-refractivity contribution is -0.153. The lowest BCUT2D eigenvalue weighted by atomic mass is 9.81. The van der Waals surface area contributed by atoms with Crippen LogP contribution >= 0.6 is 0 Å². The average molecular weight is 360 g/mol. The zero-order valence-electron chi connectivity index (χ0n) is 14.0. The van der Waals surface area contributed by atoms with Crippen molar-refractivity contribution in [1.29, 1.82) is 0 Å². The summed E-state index contributed by atoms with van der Waals surface area (Å²) in [6.07, 6.45) is 1.67. The van der Waals surface area contributed by atoms with E-state index in [9.17, 15) is 13.2 Å². The summed E-state index contributed by atoms with van der Waals surface area (Å²) >= 11 is 0. The van der Waals surface area contributed by atoms with Crippen LogP contribution in [0.1, 0.15) is 17.5 Å². The molecule has 4 N–H and O–H groups in total. The Morgan fingerprint density at radius 3 is 2.35 bits per heavy atom. The summed E-state index contributed by atoms with van der Waals surface area (Å²) in [6.45, 7) is -1.35. The van der Waals surface area contributed by atoms with Gasteiger partial charge in [0.2, 0.25) is 0 Å². The molecule has 0 amide bonds. The second-order valence-corrected chi connectivity index (χ2v) is 6.26. The van der Waals surface area contributed by atoms with Gasteiger partial charge in [-0.3, -0.25) is 0 Å². The van der Waals surface area contributed by atoms with E-state index < -0.39 is 18.3 Å². The summed E-state index contributed by atoms with van der Waals surface area (Å²) in [7, 11) is 0. The molecule has 0 radical (unpaired) electrons. The number of allylic oxidation sites excluding steroid dienone is 2. The molecular formula is C20H19F3N2O. The Kier molecular flexibility index (Phi) is 4.78. The molecule has 2 aromatic carbocycles. The number of halogens is 3. The largest absolute Gasteiger partial charge is 0.484 e. The minimum Gasteiger partial charge on any atom is -0.484 e. The van der Waals surface area contributed by atoms with Crippen LogP contribution in [-0.2, 0) is 5.54 Å². The van der Waals surface area contributed by atoms with E-state index in [1.54, 1.807) is 24.3 Å². The number of alkyl halides is 3. The third-order valence-corrected chi connectivity index (χ3v) is 4.24. The molecule has 0 aromatic heterocycles. The van der Waals surface area contributed by atoms with Crippen molar-refractivity contribution in [2.45, 2.75) is 18.1 Å². The first-order valence-electron chi connectivity index (χ1n) is 8.10. The van der Waals surface area contributed by atoms with Gasteiger partial charge < -0.3 is 16.2 Å². The van der Waals surface area contributed by atoms with Crippen LogP contribution in [0.3, 0.4) is 0 Å². The molecular weight excluding hydrogens is 341 g/mol. The molecule has 26 heavy (non-hydrogen) atoms. The molecule has 2 aromatic rings. The van der Waals surface area contributed by atoms with Crippen molar-refractivity contribution in [3.63, 3.8) is 0 Å². The van der Waals surface area contributed by atoms with Crippen molar-refractivity contribution in [3.05, 3.63) is 77.9 Å². The van der Waals surface area contributed by atoms with Gasteiger partial charge in [-0.15, -0.1) is 0 Å². The number of rotatable bonds is 4. The van der Waals surface area contributed by atoms with Gasteiger partial charge in [0.1, 0.15) is 5.75 Å². The molecule has 1 aliphatic rings.